The van der Waals surface area contributed by atoms with E-state index in [-0.39, 0.29) is 24.9 Å². The molecule has 0 bridgehead atoms. The second kappa shape index (κ2) is 7.44. The first-order valence-corrected chi connectivity index (χ1v) is 7.77. The van der Waals surface area contributed by atoms with E-state index in [1.54, 1.807) is 12.1 Å². The van der Waals surface area contributed by atoms with Crippen molar-refractivity contribution in [3.8, 4) is 0 Å². The van der Waals surface area contributed by atoms with Gasteiger partial charge in [-0.2, -0.15) is 0 Å². The zero-order valence-electron chi connectivity index (χ0n) is 13.5. The van der Waals surface area contributed by atoms with Gasteiger partial charge in [-0.05, 0) is 16.8 Å². The molecule has 0 aliphatic heterocycles. The molecule has 0 saturated heterocycles. The summed E-state index contributed by atoms with van der Waals surface area (Å²) in [7, 11) is 0. The van der Waals surface area contributed by atoms with Crippen molar-refractivity contribution in [2.75, 3.05) is 18.4 Å². The number of benzene rings is 2. The number of amides is 2. The zero-order chi connectivity index (χ0) is 17.6. The maximum Gasteiger partial charge on any atom is 0.255 e. The lowest BCUT2D eigenvalue weighted by Crippen LogP contribution is -2.38. The van der Waals surface area contributed by atoms with Crippen LogP contribution in [0.1, 0.15) is 10.4 Å². The van der Waals surface area contributed by atoms with Crippen LogP contribution in [0.2, 0.25) is 0 Å². The maximum atomic E-state index is 13.0. The van der Waals surface area contributed by atoms with Crippen molar-refractivity contribution >= 4 is 28.4 Å². The molecule has 2 aromatic carbocycles. The van der Waals surface area contributed by atoms with Gasteiger partial charge in [-0.3, -0.25) is 9.59 Å². The average Bonchev–Trinajstić information content (AvgIpc) is 3.13. The molecule has 1 heterocycles. The minimum Gasteiger partial charge on any atom is -0.363 e. The van der Waals surface area contributed by atoms with E-state index in [0.717, 1.165) is 10.8 Å². The third-order valence-corrected chi connectivity index (χ3v) is 3.70. The molecule has 0 fully saturated rings. The van der Waals surface area contributed by atoms with Crippen LogP contribution in [0.25, 0.3) is 10.8 Å². The molecule has 126 valence electrons. The number of nitrogens with one attached hydrogen (secondary N) is 1. The first-order chi connectivity index (χ1) is 12.2. The lowest BCUT2D eigenvalue weighted by molar-refractivity contribution is -0.116. The molecule has 25 heavy (non-hydrogen) atoms. The van der Waals surface area contributed by atoms with E-state index in [0.29, 0.717) is 11.4 Å². The van der Waals surface area contributed by atoms with Gasteiger partial charge in [0.15, 0.2) is 5.82 Å². The smallest absolute Gasteiger partial charge is 0.255 e. The lowest BCUT2D eigenvalue weighted by atomic mass is 10.0. The predicted molar refractivity (Wildman–Crippen MR) is 95.2 cm³/mol. The highest BCUT2D eigenvalue weighted by Gasteiger charge is 2.20. The molecule has 0 saturated carbocycles. The van der Waals surface area contributed by atoms with Crippen LogP contribution >= 0.6 is 0 Å². The molecule has 6 nitrogen and oxygen atoms in total. The lowest BCUT2D eigenvalue weighted by Gasteiger charge is -2.21. The highest BCUT2D eigenvalue weighted by molar-refractivity contribution is 6.08. The molecule has 1 aromatic heterocycles. The topological polar surface area (TPSA) is 75.4 Å². The van der Waals surface area contributed by atoms with Gasteiger partial charge < -0.3 is 14.7 Å². The Morgan fingerprint density at radius 1 is 1.16 bits per heavy atom. The second-order valence-electron chi connectivity index (χ2n) is 5.43. The van der Waals surface area contributed by atoms with E-state index in [4.69, 9.17) is 0 Å². The fraction of sp³-hybridized carbons (Fsp3) is 0.105. The third-order valence-electron chi connectivity index (χ3n) is 3.70. The highest BCUT2D eigenvalue weighted by Crippen LogP contribution is 2.20. The van der Waals surface area contributed by atoms with Gasteiger partial charge in [0, 0.05) is 18.2 Å². The summed E-state index contributed by atoms with van der Waals surface area (Å²) in [4.78, 5) is 26.6. The van der Waals surface area contributed by atoms with E-state index >= 15 is 0 Å². The Labute approximate surface area is 144 Å². The average molecular weight is 335 g/mol. The molecule has 3 aromatic rings. The summed E-state index contributed by atoms with van der Waals surface area (Å²) >= 11 is 0. The number of anilines is 1. The highest BCUT2D eigenvalue weighted by atomic mass is 16.5. The van der Waals surface area contributed by atoms with Gasteiger partial charge in [0.25, 0.3) is 5.91 Å². The zero-order valence-corrected chi connectivity index (χ0v) is 13.5. The van der Waals surface area contributed by atoms with Crippen molar-refractivity contribution in [3.63, 3.8) is 0 Å². The Morgan fingerprint density at radius 2 is 1.96 bits per heavy atom. The molecule has 0 radical (unpaired) electrons. The van der Waals surface area contributed by atoms with Crippen LogP contribution in [0.3, 0.4) is 0 Å². The Balaban J connectivity index is 1.82. The largest absolute Gasteiger partial charge is 0.363 e. The number of carbonyl (C=O) groups excluding carboxylic acids is 2. The summed E-state index contributed by atoms with van der Waals surface area (Å²) in [6.07, 6.45) is 2.95. The normalized spacial score (nSPS) is 10.4. The summed E-state index contributed by atoms with van der Waals surface area (Å²) in [5.74, 6) is -0.280. The first kappa shape index (κ1) is 16.4. The maximum absolute atomic E-state index is 13.0. The molecular formula is C19H17N3O3. The molecule has 0 aliphatic rings. The molecule has 6 heteroatoms. The van der Waals surface area contributed by atoms with Crippen molar-refractivity contribution in [2.45, 2.75) is 0 Å². The molecule has 2 amide bonds. The van der Waals surface area contributed by atoms with E-state index in [1.807, 2.05) is 36.4 Å². The molecule has 0 unspecified atom stereocenters. The summed E-state index contributed by atoms with van der Waals surface area (Å²) in [6.45, 7) is 3.82. The Hall–Kier alpha value is -3.41. The fourth-order valence-electron chi connectivity index (χ4n) is 2.59. The Morgan fingerprint density at radius 3 is 2.72 bits per heavy atom. The predicted octanol–water partition coefficient (Wildman–Crippen LogP) is 3.09. The van der Waals surface area contributed by atoms with Crippen molar-refractivity contribution in [3.05, 3.63) is 73.0 Å². The minimum atomic E-state index is -0.357. The van der Waals surface area contributed by atoms with Crippen LogP contribution in [-0.2, 0) is 4.79 Å². The van der Waals surface area contributed by atoms with Crippen LogP contribution < -0.4 is 5.32 Å². The summed E-state index contributed by atoms with van der Waals surface area (Å²) in [6, 6.07) is 14.7. The molecule has 0 aliphatic carbocycles. The van der Waals surface area contributed by atoms with Crippen LogP contribution in [0.4, 0.5) is 5.82 Å². The minimum absolute atomic E-state index is 0.110. The van der Waals surface area contributed by atoms with Gasteiger partial charge in [-0.1, -0.05) is 47.6 Å². The van der Waals surface area contributed by atoms with Gasteiger partial charge in [0.2, 0.25) is 5.91 Å². The number of hydrogen-bond acceptors (Lipinski definition) is 4. The van der Waals surface area contributed by atoms with Crippen molar-refractivity contribution < 1.29 is 14.1 Å². The molecule has 0 atom stereocenters. The van der Waals surface area contributed by atoms with E-state index in [2.05, 4.69) is 21.6 Å². The first-order valence-electron chi connectivity index (χ1n) is 7.77. The number of aromatic nitrogens is 1. The summed E-state index contributed by atoms with van der Waals surface area (Å²) < 4.78 is 4.67. The molecule has 1 N–H and O–H groups in total. The van der Waals surface area contributed by atoms with Gasteiger partial charge in [-0.15, -0.1) is 6.58 Å². The monoisotopic (exact) mass is 335 g/mol. The second-order valence-corrected chi connectivity index (χ2v) is 5.43. The van der Waals surface area contributed by atoms with Gasteiger partial charge in [-0.25, -0.2) is 0 Å². The quantitative estimate of drug-likeness (QED) is 0.702. The number of nitrogens with zero attached hydrogens (tertiary/aromatic N) is 2. The van der Waals surface area contributed by atoms with Gasteiger partial charge in [0.1, 0.15) is 12.8 Å². The van der Waals surface area contributed by atoms with Crippen LogP contribution in [-0.4, -0.2) is 35.0 Å². The van der Waals surface area contributed by atoms with E-state index in [9.17, 15) is 9.59 Å². The molecule has 3 rings (SSSR count). The molecular weight excluding hydrogens is 318 g/mol. The van der Waals surface area contributed by atoms with Gasteiger partial charge >= 0.3 is 0 Å². The van der Waals surface area contributed by atoms with Crippen LogP contribution in [0.5, 0.6) is 0 Å². The van der Waals surface area contributed by atoms with E-state index < -0.39 is 0 Å². The van der Waals surface area contributed by atoms with E-state index in [1.165, 1.54) is 17.2 Å². The SMILES string of the molecule is C=CCN(CC(=O)Nc1ccon1)C(=O)c1cccc2ccccc12. The van der Waals surface area contributed by atoms with Crippen molar-refractivity contribution in [2.24, 2.45) is 0 Å². The summed E-state index contributed by atoms with van der Waals surface area (Å²) in [5.41, 5.74) is 0.550. The Bertz CT molecular complexity index is 898. The molecule has 0 spiro atoms. The Kier molecular flexibility index (Phi) is 4.89. The number of fused-ring (bicyclic) bond motifs is 1. The number of rotatable bonds is 6. The van der Waals surface area contributed by atoms with Crippen LogP contribution in [0, 0.1) is 0 Å². The summed E-state index contributed by atoms with van der Waals surface area (Å²) in [5, 5.41) is 8.02. The third kappa shape index (κ3) is 3.74. The van der Waals surface area contributed by atoms with Gasteiger partial charge in [0.05, 0.1) is 0 Å². The van der Waals surface area contributed by atoms with Crippen molar-refractivity contribution in [1.29, 1.82) is 0 Å². The van der Waals surface area contributed by atoms with Crippen molar-refractivity contribution in [1.82, 2.24) is 10.1 Å². The number of hydrogen-bond donors (Lipinski definition) is 1. The fourth-order valence-corrected chi connectivity index (χ4v) is 2.59. The van der Waals surface area contributed by atoms with Crippen LogP contribution in [0.15, 0.2) is 72.0 Å². The standard InChI is InChI=1S/C19H17N3O3/c1-2-11-22(13-18(23)20-17-10-12-25-21-17)19(24)16-9-5-7-14-6-3-4-8-15(14)16/h2-10,12H,1,11,13H2,(H,20,21,23). The number of carbonyl (C=O) groups is 2.